The summed E-state index contributed by atoms with van der Waals surface area (Å²) in [7, 11) is 0. The van der Waals surface area contributed by atoms with Gasteiger partial charge >= 0.3 is 0 Å². The fourth-order valence-corrected chi connectivity index (χ4v) is 4.25. The lowest BCUT2D eigenvalue weighted by Crippen LogP contribution is -2.08. The van der Waals surface area contributed by atoms with Crippen molar-refractivity contribution < 1.29 is 8.78 Å². The van der Waals surface area contributed by atoms with Crippen molar-refractivity contribution in [3.8, 4) is 0 Å². The van der Waals surface area contributed by atoms with Crippen LogP contribution in [0.1, 0.15) is 29.5 Å². The van der Waals surface area contributed by atoms with Crippen molar-refractivity contribution in [3.05, 3.63) is 53.6 Å². The van der Waals surface area contributed by atoms with Gasteiger partial charge in [-0.05, 0) is 42.7 Å². The molecule has 1 aromatic carbocycles. The van der Waals surface area contributed by atoms with Gasteiger partial charge in [0.25, 0.3) is 0 Å². The maximum atomic E-state index is 13.3. The molecule has 1 N–H and O–H groups in total. The van der Waals surface area contributed by atoms with E-state index < -0.39 is 11.6 Å². The Labute approximate surface area is 147 Å². The molecule has 3 aromatic rings. The monoisotopic (exact) mass is 361 g/mol. The first-order valence-electron chi connectivity index (χ1n) is 8.21. The van der Waals surface area contributed by atoms with E-state index in [4.69, 9.17) is 0 Å². The third-order valence-electron chi connectivity index (χ3n) is 4.26. The van der Waals surface area contributed by atoms with E-state index in [0.29, 0.717) is 29.7 Å². The number of aromatic nitrogens is 4. The lowest BCUT2D eigenvalue weighted by molar-refractivity contribution is 0.507. The SMILES string of the molecule is Fc1ccc(CCNc2nccn3c([C@@H]4CCCS4)nnc23)cc1F. The second-order valence-electron chi connectivity index (χ2n) is 5.95. The van der Waals surface area contributed by atoms with Gasteiger partial charge in [-0.2, -0.15) is 11.8 Å². The number of nitrogens with zero attached hydrogens (tertiary/aromatic N) is 4. The van der Waals surface area contributed by atoms with Crippen LogP contribution in [0, 0.1) is 11.6 Å². The number of thioether (sulfide) groups is 1. The van der Waals surface area contributed by atoms with Gasteiger partial charge in [0.1, 0.15) is 0 Å². The van der Waals surface area contributed by atoms with Crippen molar-refractivity contribution >= 4 is 23.2 Å². The summed E-state index contributed by atoms with van der Waals surface area (Å²) in [5.74, 6) is 1.11. The molecule has 1 saturated heterocycles. The Morgan fingerprint density at radius 1 is 1.24 bits per heavy atom. The van der Waals surface area contributed by atoms with E-state index in [-0.39, 0.29) is 0 Å². The maximum absolute atomic E-state index is 13.3. The van der Waals surface area contributed by atoms with Crippen molar-refractivity contribution in [1.82, 2.24) is 19.6 Å². The van der Waals surface area contributed by atoms with E-state index in [9.17, 15) is 8.78 Å². The molecule has 5 nitrogen and oxygen atoms in total. The van der Waals surface area contributed by atoms with Gasteiger partial charge in [0.05, 0.1) is 5.25 Å². The molecular weight excluding hydrogens is 344 g/mol. The average molecular weight is 361 g/mol. The molecule has 1 fully saturated rings. The fourth-order valence-electron chi connectivity index (χ4n) is 2.99. The van der Waals surface area contributed by atoms with Crippen molar-refractivity contribution in [2.75, 3.05) is 17.6 Å². The molecule has 1 aliphatic rings. The number of hydrogen-bond donors (Lipinski definition) is 1. The molecule has 3 heterocycles. The number of halogens is 2. The van der Waals surface area contributed by atoms with Crippen LogP contribution < -0.4 is 5.32 Å². The molecule has 0 unspecified atom stereocenters. The van der Waals surface area contributed by atoms with Crippen LogP contribution in [-0.2, 0) is 6.42 Å². The molecule has 0 bridgehead atoms. The molecule has 4 rings (SSSR count). The summed E-state index contributed by atoms with van der Waals surface area (Å²) in [6, 6.07) is 3.95. The summed E-state index contributed by atoms with van der Waals surface area (Å²) >= 11 is 1.91. The van der Waals surface area contributed by atoms with Crippen LogP contribution in [0.15, 0.2) is 30.6 Å². The number of hydrogen-bond acceptors (Lipinski definition) is 5. The van der Waals surface area contributed by atoms with E-state index in [1.165, 1.54) is 12.5 Å². The van der Waals surface area contributed by atoms with Crippen molar-refractivity contribution in [1.29, 1.82) is 0 Å². The smallest absolute Gasteiger partial charge is 0.203 e. The zero-order valence-electron chi connectivity index (χ0n) is 13.5. The van der Waals surface area contributed by atoms with Crippen LogP contribution in [0.4, 0.5) is 14.6 Å². The maximum Gasteiger partial charge on any atom is 0.203 e. The standard InChI is InChI=1S/C17H17F2N5S/c18-12-4-3-11(10-13(12)19)5-6-20-15-17-23-22-16(14-2-1-9-25-14)24(17)8-7-21-15/h3-4,7-8,10,14H,1-2,5-6,9H2,(H,20,21)/t14-/m0/s1. The highest BCUT2D eigenvalue weighted by atomic mass is 32.2. The van der Waals surface area contributed by atoms with Gasteiger partial charge in [0, 0.05) is 18.9 Å². The Hall–Kier alpha value is -2.22. The minimum Gasteiger partial charge on any atom is -0.367 e. The minimum atomic E-state index is -0.830. The average Bonchev–Trinajstić information content (AvgIpc) is 3.27. The third-order valence-corrected chi connectivity index (χ3v) is 5.63. The first-order chi connectivity index (χ1) is 12.2. The summed E-state index contributed by atoms with van der Waals surface area (Å²) in [6.45, 7) is 0.540. The first kappa shape index (κ1) is 16.3. The molecule has 8 heteroatoms. The quantitative estimate of drug-likeness (QED) is 0.752. The summed E-state index contributed by atoms with van der Waals surface area (Å²) in [4.78, 5) is 4.33. The van der Waals surface area contributed by atoms with Crippen LogP contribution in [0.3, 0.4) is 0 Å². The topological polar surface area (TPSA) is 55.1 Å². The van der Waals surface area contributed by atoms with E-state index in [1.807, 2.05) is 22.4 Å². The van der Waals surface area contributed by atoms with E-state index >= 15 is 0 Å². The van der Waals surface area contributed by atoms with Gasteiger partial charge in [0.2, 0.25) is 5.65 Å². The molecule has 0 radical (unpaired) electrons. The summed E-state index contributed by atoms with van der Waals surface area (Å²) < 4.78 is 28.2. The Balaban J connectivity index is 1.48. The molecule has 25 heavy (non-hydrogen) atoms. The minimum absolute atomic E-state index is 0.382. The van der Waals surface area contributed by atoms with E-state index in [2.05, 4.69) is 20.5 Å². The van der Waals surface area contributed by atoms with Gasteiger partial charge in [-0.3, -0.25) is 4.40 Å². The first-order valence-corrected chi connectivity index (χ1v) is 9.26. The van der Waals surface area contributed by atoms with Gasteiger partial charge in [-0.1, -0.05) is 6.07 Å². The predicted molar refractivity (Wildman–Crippen MR) is 93.8 cm³/mol. The van der Waals surface area contributed by atoms with Crippen LogP contribution >= 0.6 is 11.8 Å². The largest absolute Gasteiger partial charge is 0.367 e. The highest BCUT2D eigenvalue weighted by Gasteiger charge is 2.23. The lowest BCUT2D eigenvalue weighted by Gasteiger charge is -2.09. The molecule has 0 saturated carbocycles. The number of fused-ring (bicyclic) bond motifs is 1. The van der Waals surface area contributed by atoms with E-state index in [1.54, 1.807) is 12.3 Å². The summed E-state index contributed by atoms with van der Waals surface area (Å²) in [6.07, 6.45) is 6.48. The van der Waals surface area contributed by atoms with Crippen molar-refractivity contribution in [2.24, 2.45) is 0 Å². The zero-order valence-corrected chi connectivity index (χ0v) is 14.3. The Morgan fingerprint density at radius 2 is 2.16 bits per heavy atom. The second-order valence-corrected chi connectivity index (χ2v) is 7.27. The molecule has 1 atom stereocenters. The van der Waals surface area contributed by atoms with Crippen LogP contribution in [0.25, 0.3) is 5.65 Å². The Kier molecular flexibility index (Phi) is 4.52. The predicted octanol–water partition coefficient (Wildman–Crippen LogP) is 3.63. The number of benzene rings is 1. The van der Waals surface area contributed by atoms with Crippen molar-refractivity contribution in [2.45, 2.75) is 24.5 Å². The van der Waals surface area contributed by atoms with Crippen LogP contribution in [0.5, 0.6) is 0 Å². The van der Waals surface area contributed by atoms with Crippen LogP contribution in [-0.4, -0.2) is 31.9 Å². The van der Waals surface area contributed by atoms with Crippen LogP contribution in [0.2, 0.25) is 0 Å². The Morgan fingerprint density at radius 3 is 2.96 bits per heavy atom. The van der Waals surface area contributed by atoms with Crippen molar-refractivity contribution in [3.63, 3.8) is 0 Å². The molecule has 0 amide bonds. The molecule has 130 valence electrons. The van der Waals surface area contributed by atoms with Gasteiger partial charge < -0.3 is 5.32 Å². The number of anilines is 1. The van der Waals surface area contributed by atoms with Gasteiger partial charge in [-0.15, -0.1) is 10.2 Å². The third kappa shape index (κ3) is 3.30. The zero-order chi connectivity index (χ0) is 17.2. The molecule has 0 spiro atoms. The number of nitrogens with one attached hydrogen (secondary N) is 1. The second kappa shape index (κ2) is 6.95. The molecule has 2 aromatic heterocycles. The molecule has 0 aliphatic carbocycles. The molecule has 1 aliphatic heterocycles. The lowest BCUT2D eigenvalue weighted by atomic mass is 10.1. The highest BCUT2D eigenvalue weighted by molar-refractivity contribution is 7.99. The van der Waals surface area contributed by atoms with E-state index in [0.717, 1.165) is 29.6 Å². The normalized spacial score (nSPS) is 17.3. The Bertz CT molecular complexity index is 892. The molecular formula is C17H17F2N5S. The van der Waals surface area contributed by atoms with Gasteiger partial charge in [0.15, 0.2) is 23.3 Å². The summed E-state index contributed by atoms with van der Waals surface area (Å²) in [5.41, 5.74) is 1.41. The van der Waals surface area contributed by atoms with Gasteiger partial charge in [-0.25, -0.2) is 13.8 Å². The summed E-state index contributed by atoms with van der Waals surface area (Å²) in [5, 5.41) is 12.2. The highest BCUT2D eigenvalue weighted by Crippen LogP contribution is 2.39. The fraction of sp³-hybridized carbons (Fsp3) is 0.353. The number of rotatable bonds is 5.